The Morgan fingerprint density at radius 1 is 1.43 bits per heavy atom. The maximum Gasteiger partial charge on any atom is 0.194 e. The van der Waals surface area contributed by atoms with Gasteiger partial charge in [-0.15, -0.1) is 24.0 Å². The van der Waals surface area contributed by atoms with Gasteiger partial charge in [-0.1, -0.05) is 5.16 Å². The minimum Gasteiger partial charge on any atom is -0.364 e. The quantitative estimate of drug-likeness (QED) is 0.470. The summed E-state index contributed by atoms with van der Waals surface area (Å²) >= 11 is 0. The molecule has 1 aromatic rings. The van der Waals surface area contributed by atoms with Crippen molar-refractivity contribution in [2.45, 2.75) is 31.8 Å². The van der Waals surface area contributed by atoms with Crippen molar-refractivity contribution in [1.29, 1.82) is 0 Å². The van der Waals surface area contributed by atoms with Gasteiger partial charge in [-0.2, -0.15) is 0 Å². The van der Waals surface area contributed by atoms with E-state index in [0.29, 0.717) is 12.6 Å². The average molecular weight is 405 g/mol. The Kier molecular flexibility index (Phi) is 6.28. The van der Waals surface area contributed by atoms with Crippen LogP contribution >= 0.6 is 24.0 Å². The molecule has 1 aromatic heterocycles. The predicted molar refractivity (Wildman–Crippen MR) is 92.9 cm³/mol. The molecule has 0 aliphatic carbocycles. The monoisotopic (exact) mass is 405 g/mol. The van der Waals surface area contributed by atoms with Gasteiger partial charge in [0.05, 0.1) is 6.54 Å². The minimum atomic E-state index is 0. The van der Waals surface area contributed by atoms with Crippen LogP contribution in [-0.2, 0) is 6.54 Å². The molecule has 118 valence electrons. The van der Waals surface area contributed by atoms with E-state index in [0.717, 1.165) is 24.7 Å². The Balaban J connectivity index is 0.00000161. The summed E-state index contributed by atoms with van der Waals surface area (Å²) in [6, 6.07) is 2.57. The number of guanidine groups is 1. The van der Waals surface area contributed by atoms with Crippen LogP contribution in [0.2, 0.25) is 0 Å². The molecule has 7 heteroatoms. The Hall–Kier alpha value is -0.830. The van der Waals surface area contributed by atoms with E-state index in [9.17, 15) is 0 Å². The fourth-order valence-corrected chi connectivity index (χ4v) is 3.17. The lowest BCUT2D eigenvalue weighted by atomic mass is 10.2. The fourth-order valence-electron chi connectivity index (χ4n) is 3.17. The highest BCUT2D eigenvalue weighted by Gasteiger charge is 2.30. The maximum absolute atomic E-state index is 4.84. The predicted octanol–water partition coefficient (Wildman–Crippen LogP) is 1.54. The van der Waals surface area contributed by atoms with E-state index in [1.54, 1.807) is 6.26 Å². The van der Waals surface area contributed by atoms with E-state index in [-0.39, 0.29) is 24.0 Å². The average Bonchev–Trinajstić information content (AvgIpc) is 3.21. The molecule has 2 saturated heterocycles. The molecule has 1 atom stereocenters. The van der Waals surface area contributed by atoms with Crippen LogP contribution in [0.1, 0.15) is 25.0 Å². The van der Waals surface area contributed by atoms with Crippen LogP contribution in [0.5, 0.6) is 0 Å². The largest absolute Gasteiger partial charge is 0.364 e. The third-order valence-corrected chi connectivity index (χ3v) is 4.25. The molecular formula is C14H24IN5O. The fraction of sp³-hybridized carbons (Fsp3) is 0.714. The van der Waals surface area contributed by atoms with Crippen molar-refractivity contribution < 1.29 is 4.52 Å². The minimum absolute atomic E-state index is 0. The molecule has 0 bridgehead atoms. The molecular weight excluding hydrogens is 381 g/mol. The molecule has 2 fully saturated rings. The van der Waals surface area contributed by atoms with Crippen LogP contribution < -0.4 is 5.32 Å². The third-order valence-electron chi connectivity index (χ3n) is 4.25. The van der Waals surface area contributed by atoms with Crippen LogP contribution in [0.3, 0.4) is 0 Å². The first-order valence-electron chi connectivity index (χ1n) is 7.46. The van der Waals surface area contributed by atoms with Crippen LogP contribution in [-0.4, -0.2) is 60.2 Å². The molecule has 2 aliphatic rings. The second kappa shape index (κ2) is 7.98. The number of nitrogens with zero attached hydrogens (tertiary/aromatic N) is 4. The smallest absolute Gasteiger partial charge is 0.194 e. The van der Waals surface area contributed by atoms with Gasteiger partial charge < -0.3 is 14.7 Å². The van der Waals surface area contributed by atoms with Gasteiger partial charge in [0.15, 0.2) is 5.96 Å². The number of aromatic nitrogens is 1. The van der Waals surface area contributed by atoms with Crippen molar-refractivity contribution in [2.75, 3.05) is 33.2 Å². The van der Waals surface area contributed by atoms with Gasteiger partial charge in [0.25, 0.3) is 0 Å². The Labute approximate surface area is 143 Å². The highest BCUT2D eigenvalue weighted by atomic mass is 127. The van der Waals surface area contributed by atoms with Crippen LogP contribution in [0.25, 0.3) is 0 Å². The number of rotatable bonds is 3. The highest BCUT2D eigenvalue weighted by Crippen LogP contribution is 2.20. The molecule has 2 aliphatic heterocycles. The molecule has 0 amide bonds. The van der Waals surface area contributed by atoms with Crippen molar-refractivity contribution in [3.05, 3.63) is 18.0 Å². The molecule has 1 N–H and O–H groups in total. The van der Waals surface area contributed by atoms with Crippen molar-refractivity contribution in [1.82, 2.24) is 20.3 Å². The van der Waals surface area contributed by atoms with Gasteiger partial charge in [0.1, 0.15) is 12.0 Å². The van der Waals surface area contributed by atoms with Crippen molar-refractivity contribution in [3.8, 4) is 0 Å². The second-order valence-electron chi connectivity index (χ2n) is 5.52. The number of likely N-dealkylation sites (tertiary alicyclic amines) is 2. The first-order chi connectivity index (χ1) is 9.86. The SMILES string of the molecule is CN=C(NCc1ccon1)N1CCC(N2CCCC2)C1.I. The summed E-state index contributed by atoms with van der Waals surface area (Å²) in [4.78, 5) is 9.37. The van der Waals surface area contributed by atoms with Crippen molar-refractivity contribution in [3.63, 3.8) is 0 Å². The standard InChI is InChI=1S/C14H23N5O.HI/c1-15-14(16-10-12-5-9-20-17-12)19-8-4-13(11-19)18-6-2-3-7-18;/h5,9,13H,2-4,6-8,10-11H2,1H3,(H,15,16);1H. The molecule has 0 radical (unpaired) electrons. The number of hydrogen-bond acceptors (Lipinski definition) is 4. The molecule has 3 heterocycles. The summed E-state index contributed by atoms with van der Waals surface area (Å²) in [7, 11) is 1.84. The molecule has 3 rings (SSSR count). The van der Waals surface area contributed by atoms with Crippen molar-refractivity contribution >= 4 is 29.9 Å². The van der Waals surface area contributed by atoms with E-state index in [4.69, 9.17) is 4.52 Å². The normalized spacial score (nSPS) is 23.4. The lowest BCUT2D eigenvalue weighted by molar-refractivity contribution is 0.249. The zero-order valence-corrected chi connectivity index (χ0v) is 14.8. The number of halogens is 1. The molecule has 6 nitrogen and oxygen atoms in total. The van der Waals surface area contributed by atoms with Crippen LogP contribution in [0, 0.1) is 0 Å². The summed E-state index contributed by atoms with van der Waals surface area (Å²) < 4.78 is 4.84. The summed E-state index contributed by atoms with van der Waals surface area (Å²) in [5.74, 6) is 0.967. The highest BCUT2D eigenvalue weighted by molar-refractivity contribution is 14.0. The Morgan fingerprint density at radius 3 is 2.90 bits per heavy atom. The van der Waals surface area contributed by atoms with Gasteiger partial charge in [-0.3, -0.25) is 9.89 Å². The molecule has 0 saturated carbocycles. The van der Waals surface area contributed by atoms with E-state index in [2.05, 4.69) is 25.3 Å². The Morgan fingerprint density at radius 2 is 2.24 bits per heavy atom. The summed E-state index contributed by atoms with van der Waals surface area (Å²) in [6.07, 6.45) is 5.55. The zero-order chi connectivity index (χ0) is 13.8. The summed E-state index contributed by atoms with van der Waals surface area (Å²) in [5.41, 5.74) is 0.904. The van der Waals surface area contributed by atoms with E-state index in [1.165, 1.54) is 32.4 Å². The molecule has 0 aromatic carbocycles. The van der Waals surface area contributed by atoms with E-state index >= 15 is 0 Å². The van der Waals surface area contributed by atoms with Gasteiger partial charge in [-0.05, 0) is 32.4 Å². The zero-order valence-electron chi connectivity index (χ0n) is 12.5. The van der Waals surface area contributed by atoms with Gasteiger partial charge >= 0.3 is 0 Å². The number of nitrogens with one attached hydrogen (secondary N) is 1. The Bertz CT molecular complexity index is 444. The van der Waals surface area contributed by atoms with Gasteiger partial charge in [-0.25, -0.2) is 0 Å². The van der Waals surface area contributed by atoms with Gasteiger partial charge in [0, 0.05) is 32.2 Å². The molecule has 1 unspecified atom stereocenters. The van der Waals surface area contributed by atoms with Crippen LogP contribution in [0.4, 0.5) is 0 Å². The molecule has 0 spiro atoms. The first kappa shape index (κ1) is 16.5. The lowest BCUT2D eigenvalue weighted by Crippen LogP contribution is -2.42. The first-order valence-corrected chi connectivity index (χ1v) is 7.46. The second-order valence-corrected chi connectivity index (χ2v) is 5.52. The summed E-state index contributed by atoms with van der Waals surface area (Å²) in [6.45, 7) is 5.36. The number of aliphatic imine (C=N–C) groups is 1. The van der Waals surface area contributed by atoms with E-state index in [1.807, 2.05) is 13.1 Å². The lowest BCUT2D eigenvalue weighted by Gasteiger charge is -2.25. The topological polar surface area (TPSA) is 56.9 Å². The van der Waals surface area contributed by atoms with Crippen LogP contribution in [0.15, 0.2) is 21.8 Å². The molecule has 21 heavy (non-hydrogen) atoms. The maximum atomic E-state index is 4.84. The number of hydrogen-bond donors (Lipinski definition) is 1. The third kappa shape index (κ3) is 4.09. The van der Waals surface area contributed by atoms with Gasteiger partial charge in [0.2, 0.25) is 0 Å². The van der Waals surface area contributed by atoms with E-state index < -0.39 is 0 Å². The summed E-state index contributed by atoms with van der Waals surface area (Å²) in [5, 5.41) is 7.27. The van der Waals surface area contributed by atoms with Crippen molar-refractivity contribution in [2.24, 2.45) is 4.99 Å².